The van der Waals surface area contributed by atoms with E-state index in [1.54, 1.807) is 0 Å². The number of hydrogen-bond donors (Lipinski definition) is 1. The third-order valence-corrected chi connectivity index (χ3v) is 3.79. The minimum absolute atomic E-state index is 0.809. The van der Waals surface area contributed by atoms with Gasteiger partial charge in [0, 0.05) is 19.3 Å². The van der Waals surface area contributed by atoms with Crippen molar-refractivity contribution >= 4 is 5.82 Å². The summed E-state index contributed by atoms with van der Waals surface area (Å²) < 4.78 is 0. The van der Waals surface area contributed by atoms with Crippen LogP contribution in [0.4, 0.5) is 5.82 Å². The predicted molar refractivity (Wildman–Crippen MR) is 63.4 cm³/mol. The van der Waals surface area contributed by atoms with Gasteiger partial charge in [0.25, 0.3) is 0 Å². The van der Waals surface area contributed by atoms with Gasteiger partial charge in [-0.2, -0.15) is 0 Å². The van der Waals surface area contributed by atoms with Crippen molar-refractivity contribution in [1.82, 2.24) is 15.3 Å². The first kappa shape index (κ1) is 10.0. The molecular weight excluding hydrogens is 200 g/mol. The van der Waals surface area contributed by atoms with Crippen molar-refractivity contribution in [2.24, 2.45) is 11.8 Å². The van der Waals surface area contributed by atoms with Gasteiger partial charge < -0.3 is 10.2 Å². The smallest absolute Gasteiger partial charge is 0.132 e. The van der Waals surface area contributed by atoms with E-state index in [1.165, 1.54) is 19.5 Å². The van der Waals surface area contributed by atoms with Crippen molar-refractivity contribution in [2.45, 2.75) is 13.3 Å². The van der Waals surface area contributed by atoms with E-state index >= 15 is 0 Å². The Labute approximate surface area is 96.1 Å². The molecule has 2 saturated heterocycles. The fraction of sp³-hybridized carbons (Fsp3) is 0.667. The van der Waals surface area contributed by atoms with Crippen LogP contribution in [0.2, 0.25) is 0 Å². The van der Waals surface area contributed by atoms with Crippen LogP contribution in [-0.2, 0) is 0 Å². The van der Waals surface area contributed by atoms with Crippen LogP contribution in [0.1, 0.15) is 12.2 Å². The van der Waals surface area contributed by atoms with E-state index in [-0.39, 0.29) is 0 Å². The molecule has 0 amide bonds. The maximum absolute atomic E-state index is 4.51. The molecule has 0 radical (unpaired) electrons. The van der Waals surface area contributed by atoms with Gasteiger partial charge in [0.15, 0.2) is 0 Å². The van der Waals surface area contributed by atoms with E-state index in [0.717, 1.165) is 36.6 Å². The second-order valence-electron chi connectivity index (χ2n) is 4.88. The Kier molecular flexibility index (Phi) is 2.52. The largest absolute Gasteiger partial charge is 0.356 e. The number of rotatable bonds is 1. The van der Waals surface area contributed by atoms with E-state index in [2.05, 4.69) is 20.2 Å². The van der Waals surface area contributed by atoms with Crippen LogP contribution >= 0.6 is 0 Å². The zero-order chi connectivity index (χ0) is 11.0. The number of aryl methyl sites for hydroxylation is 1. The first-order valence-corrected chi connectivity index (χ1v) is 6.08. The fourth-order valence-electron chi connectivity index (χ4n) is 2.86. The third kappa shape index (κ3) is 1.78. The third-order valence-electron chi connectivity index (χ3n) is 3.79. The number of fused-ring (bicyclic) bond motifs is 1. The zero-order valence-corrected chi connectivity index (χ0v) is 9.69. The number of nitrogens with one attached hydrogen (secondary N) is 1. The molecule has 2 atom stereocenters. The van der Waals surface area contributed by atoms with E-state index in [4.69, 9.17) is 0 Å². The quantitative estimate of drug-likeness (QED) is 0.758. The SMILES string of the molecule is Cc1nccc(N2CCC3CNCC3C2)n1. The van der Waals surface area contributed by atoms with Crippen LogP contribution < -0.4 is 10.2 Å². The van der Waals surface area contributed by atoms with Crippen LogP contribution in [-0.4, -0.2) is 36.1 Å². The lowest BCUT2D eigenvalue weighted by atomic mass is 9.89. The molecule has 0 saturated carbocycles. The van der Waals surface area contributed by atoms with Crippen LogP contribution in [0.5, 0.6) is 0 Å². The molecule has 3 heterocycles. The monoisotopic (exact) mass is 218 g/mol. The minimum Gasteiger partial charge on any atom is -0.356 e. The molecule has 1 aromatic rings. The Bertz CT molecular complexity index is 379. The maximum Gasteiger partial charge on any atom is 0.132 e. The zero-order valence-electron chi connectivity index (χ0n) is 9.69. The van der Waals surface area contributed by atoms with E-state index in [1.807, 2.05) is 19.2 Å². The molecule has 0 bridgehead atoms. The summed E-state index contributed by atoms with van der Waals surface area (Å²) in [6.45, 7) is 6.62. The van der Waals surface area contributed by atoms with Crippen molar-refractivity contribution in [3.63, 3.8) is 0 Å². The highest BCUT2D eigenvalue weighted by Crippen LogP contribution is 2.28. The molecule has 0 spiro atoms. The molecule has 16 heavy (non-hydrogen) atoms. The first-order valence-electron chi connectivity index (χ1n) is 6.08. The topological polar surface area (TPSA) is 41.1 Å². The molecule has 1 N–H and O–H groups in total. The van der Waals surface area contributed by atoms with Gasteiger partial charge in [-0.3, -0.25) is 0 Å². The van der Waals surface area contributed by atoms with Gasteiger partial charge >= 0.3 is 0 Å². The summed E-state index contributed by atoms with van der Waals surface area (Å²) in [5, 5.41) is 3.49. The molecule has 4 nitrogen and oxygen atoms in total. The number of hydrogen-bond acceptors (Lipinski definition) is 4. The summed E-state index contributed by atoms with van der Waals surface area (Å²) in [6.07, 6.45) is 3.15. The average Bonchev–Trinajstić information content (AvgIpc) is 2.75. The number of anilines is 1. The molecule has 86 valence electrons. The predicted octanol–water partition coefficient (Wildman–Crippen LogP) is 0.831. The number of aromatic nitrogens is 2. The lowest BCUT2D eigenvalue weighted by Crippen LogP contribution is -2.40. The highest BCUT2D eigenvalue weighted by atomic mass is 15.2. The molecule has 0 aliphatic carbocycles. The summed E-state index contributed by atoms with van der Waals surface area (Å²) in [5.41, 5.74) is 0. The standard InChI is InChI=1S/C12H18N4/c1-9-14-4-2-12(15-9)16-5-3-10-6-13-7-11(10)8-16/h2,4,10-11,13H,3,5-8H2,1H3. The molecule has 0 aromatic carbocycles. The van der Waals surface area contributed by atoms with Gasteiger partial charge in [0.2, 0.25) is 0 Å². The highest BCUT2D eigenvalue weighted by Gasteiger charge is 2.33. The van der Waals surface area contributed by atoms with Gasteiger partial charge in [-0.25, -0.2) is 9.97 Å². The Morgan fingerprint density at radius 2 is 2.25 bits per heavy atom. The van der Waals surface area contributed by atoms with Gasteiger partial charge in [-0.1, -0.05) is 0 Å². The van der Waals surface area contributed by atoms with Crippen LogP contribution in [0, 0.1) is 18.8 Å². The molecule has 2 aliphatic heterocycles. The van der Waals surface area contributed by atoms with E-state index in [9.17, 15) is 0 Å². The van der Waals surface area contributed by atoms with E-state index in [0.29, 0.717) is 0 Å². The van der Waals surface area contributed by atoms with Gasteiger partial charge in [-0.15, -0.1) is 0 Å². The van der Waals surface area contributed by atoms with Crippen molar-refractivity contribution in [2.75, 3.05) is 31.1 Å². The van der Waals surface area contributed by atoms with Gasteiger partial charge in [0.1, 0.15) is 11.6 Å². The first-order chi connectivity index (χ1) is 7.83. The molecule has 1 aromatic heterocycles. The molecular formula is C12H18N4. The highest BCUT2D eigenvalue weighted by molar-refractivity contribution is 5.38. The van der Waals surface area contributed by atoms with Gasteiger partial charge in [0.05, 0.1) is 0 Å². The normalized spacial score (nSPS) is 29.2. The summed E-state index contributed by atoms with van der Waals surface area (Å²) in [4.78, 5) is 11.1. The molecule has 4 heteroatoms. The van der Waals surface area contributed by atoms with Crippen molar-refractivity contribution in [1.29, 1.82) is 0 Å². The lowest BCUT2D eigenvalue weighted by Gasteiger charge is -2.35. The fourth-order valence-corrected chi connectivity index (χ4v) is 2.86. The van der Waals surface area contributed by atoms with Crippen LogP contribution in [0.3, 0.4) is 0 Å². The van der Waals surface area contributed by atoms with Crippen molar-refractivity contribution in [3.8, 4) is 0 Å². The second-order valence-corrected chi connectivity index (χ2v) is 4.88. The number of piperidine rings is 1. The second kappa shape index (κ2) is 4.01. The number of nitrogens with zero attached hydrogens (tertiary/aromatic N) is 3. The van der Waals surface area contributed by atoms with Gasteiger partial charge in [-0.05, 0) is 44.3 Å². The summed E-state index contributed by atoms with van der Waals surface area (Å²) in [5.74, 6) is 3.66. The van der Waals surface area contributed by atoms with Crippen LogP contribution in [0.25, 0.3) is 0 Å². The molecule has 2 aliphatic rings. The van der Waals surface area contributed by atoms with Crippen molar-refractivity contribution < 1.29 is 0 Å². The van der Waals surface area contributed by atoms with E-state index < -0.39 is 0 Å². The maximum atomic E-state index is 4.51. The molecule has 2 unspecified atom stereocenters. The Morgan fingerprint density at radius 3 is 3.12 bits per heavy atom. The van der Waals surface area contributed by atoms with Crippen molar-refractivity contribution in [3.05, 3.63) is 18.1 Å². The summed E-state index contributed by atoms with van der Waals surface area (Å²) in [6, 6.07) is 2.02. The average molecular weight is 218 g/mol. The van der Waals surface area contributed by atoms with Crippen LogP contribution in [0.15, 0.2) is 12.3 Å². The lowest BCUT2D eigenvalue weighted by molar-refractivity contribution is 0.347. The molecule has 2 fully saturated rings. The minimum atomic E-state index is 0.809. The molecule has 3 rings (SSSR count). The Hall–Kier alpha value is -1.16. The Morgan fingerprint density at radius 1 is 1.38 bits per heavy atom. The Balaban J connectivity index is 1.76. The summed E-state index contributed by atoms with van der Waals surface area (Å²) in [7, 11) is 0. The summed E-state index contributed by atoms with van der Waals surface area (Å²) >= 11 is 0.